The largest absolute Gasteiger partial charge is 0.368 e. The van der Waals surface area contributed by atoms with Crippen LogP contribution in [0.4, 0.5) is 10.1 Å². The van der Waals surface area contributed by atoms with E-state index in [2.05, 4.69) is 15.1 Å². The molecule has 0 saturated carbocycles. The van der Waals surface area contributed by atoms with Crippen molar-refractivity contribution in [3.05, 3.63) is 70.0 Å². The molecule has 2 aromatic heterocycles. The fraction of sp³-hybridized carbons (Fsp3) is 0.364. The summed E-state index contributed by atoms with van der Waals surface area (Å²) >= 11 is 0. The van der Waals surface area contributed by atoms with E-state index in [0.29, 0.717) is 32.0 Å². The summed E-state index contributed by atoms with van der Waals surface area (Å²) in [6.45, 7) is 7.80. The average molecular weight is 424 g/mol. The first-order valence-corrected chi connectivity index (χ1v) is 10.3. The van der Waals surface area contributed by atoms with Gasteiger partial charge in [0.1, 0.15) is 11.9 Å². The monoisotopic (exact) mass is 424 g/mol. The van der Waals surface area contributed by atoms with Crippen molar-refractivity contribution in [2.24, 2.45) is 0 Å². The lowest BCUT2D eigenvalue weighted by Gasteiger charge is -2.37. The van der Waals surface area contributed by atoms with Crippen LogP contribution in [0.2, 0.25) is 0 Å². The smallest absolute Gasteiger partial charge is 0.267 e. The van der Waals surface area contributed by atoms with Gasteiger partial charge in [-0.1, -0.05) is 0 Å². The molecule has 31 heavy (non-hydrogen) atoms. The summed E-state index contributed by atoms with van der Waals surface area (Å²) in [5.41, 5.74) is 2.33. The zero-order chi connectivity index (χ0) is 22.1. The van der Waals surface area contributed by atoms with Crippen LogP contribution in [0.15, 0.2) is 47.3 Å². The maximum Gasteiger partial charge on any atom is 0.267 e. The first kappa shape index (κ1) is 20.8. The van der Waals surface area contributed by atoms with Crippen LogP contribution in [0.3, 0.4) is 0 Å². The van der Waals surface area contributed by atoms with E-state index in [1.807, 2.05) is 19.9 Å². The lowest BCUT2D eigenvalue weighted by molar-refractivity contribution is -0.135. The number of aromatic nitrogens is 4. The summed E-state index contributed by atoms with van der Waals surface area (Å²) in [5.74, 6) is 0.0666. The third kappa shape index (κ3) is 4.21. The van der Waals surface area contributed by atoms with Crippen LogP contribution in [-0.2, 0) is 4.79 Å². The topological polar surface area (TPSA) is 76.3 Å². The number of nitrogens with zero attached hydrogens (tertiary/aromatic N) is 6. The molecule has 9 heteroatoms. The van der Waals surface area contributed by atoms with E-state index in [9.17, 15) is 14.0 Å². The second-order valence-electron chi connectivity index (χ2n) is 7.78. The predicted octanol–water partition coefficient (Wildman–Crippen LogP) is 2.09. The molecule has 1 amide bonds. The van der Waals surface area contributed by atoms with Crippen LogP contribution in [0.1, 0.15) is 24.4 Å². The van der Waals surface area contributed by atoms with Gasteiger partial charge in [-0.25, -0.2) is 13.8 Å². The number of amides is 1. The molecule has 3 aromatic rings. The van der Waals surface area contributed by atoms with Crippen LogP contribution in [0.5, 0.6) is 0 Å². The van der Waals surface area contributed by atoms with E-state index in [1.165, 1.54) is 22.9 Å². The van der Waals surface area contributed by atoms with E-state index in [-0.39, 0.29) is 17.3 Å². The third-order valence-electron chi connectivity index (χ3n) is 5.54. The molecule has 0 spiro atoms. The number of benzene rings is 1. The summed E-state index contributed by atoms with van der Waals surface area (Å²) in [7, 11) is 0. The van der Waals surface area contributed by atoms with Crippen molar-refractivity contribution >= 4 is 11.6 Å². The van der Waals surface area contributed by atoms with E-state index in [0.717, 1.165) is 17.1 Å². The first-order valence-electron chi connectivity index (χ1n) is 10.3. The Labute approximate surface area is 179 Å². The van der Waals surface area contributed by atoms with E-state index in [4.69, 9.17) is 0 Å². The second kappa shape index (κ2) is 8.33. The molecular formula is C22H25FN6O2. The van der Waals surface area contributed by atoms with Crippen molar-refractivity contribution in [3.63, 3.8) is 0 Å². The van der Waals surface area contributed by atoms with Crippen molar-refractivity contribution in [1.82, 2.24) is 24.5 Å². The summed E-state index contributed by atoms with van der Waals surface area (Å²) < 4.78 is 16.0. The Morgan fingerprint density at radius 1 is 1.00 bits per heavy atom. The Hall–Kier alpha value is -3.49. The van der Waals surface area contributed by atoms with Gasteiger partial charge in [-0.05, 0) is 57.2 Å². The summed E-state index contributed by atoms with van der Waals surface area (Å²) in [6, 6.07) is 10.6. The van der Waals surface area contributed by atoms with Crippen molar-refractivity contribution in [3.8, 4) is 5.82 Å². The quantitative estimate of drug-likeness (QED) is 0.641. The molecular weight excluding hydrogens is 399 g/mol. The van der Waals surface area contributed by atoms with Crippen molar-refractivity contribution < 1.29 is 9.18 Å². The zero-order valence-corrected chi connectivity index (χ0v) is 17.8. The maximum absolute atomic E-state index is 13.2. The van der Waals surface area contributed by atoms with Crippen molar-refractivity contribution in [2.75, 3.05) is 31.1 Å². The minimum absolute atomic E-state index is 0.154. The SMILES string of the molecule is Cc1cc(C)n(-c2ccc(=O)n(C(C)C(=O)N3CCN(c4ccc(F)cc4)CC3)n2)n1. The van der Waals surface area contributed by atoms with Gasteiger partial charge in [-0.2, -0.15) is 5.10 Å². The molecule has 0 N–H and O–H groups in total. The van der Waals surface area contributed by atoms with E-state index >= 15 is 0 Å². The minimum atomic E-state index is -0.734. The summed E-state index contributed by atoms with van der Waals surface area (Å²) in [6.07, 6.45) is 0. The molecule has 1 unspecified atom stereocenters. The van der Waals surface area contributed by atoms with Crippen LogP contribution < -0.4 is 10.5 Å². The Morgan fingerprint density at radius 2 is 1.68 bits per heavy atom. The highest BCUT2D eigenvalue weighted by Gasteiger charge is 2.27. The molecule has 1 aliphatic heterocycles. The maximum atomic E-state index is 13.2. The van der Waals surface area contributed by atoms with Gasteiger partial charge in [0.05, 0.1) is 5.69 Å². The number of hydrogen-bond donors (Lipinski definition) is 0. The lowest BCUT2D eigenvalue weighted by Crippen LogP contribution is -2.51. The van der Waals surface area contributed by atoms with Gasteiger partial charge in [0.2, 0.25) is 5.91 Å². The van der Waals surface area contributed by atoms with Gasteiger partial charge in [-0.3, -0.25) is 9.59 Å². The number of carbonyl (C=O) groups excluding carboxylic acids is 1. The molecule has 0 aliphatic carbocycles. The Kier molecular flexibility index (Phi) is 5.58. The van der Waals surface area contributed by atoms with Gasteiger partial charge in [-0.15, -0.1) is 5.10 Å². The third-order valence-corrected chi connectivity index (χ3v) is 5.54. The molecule has 1 aliphatic rings. The van der Waals surface area contributed by atoms with Crippen LogP contribution in [0, 0.1) is 19.7 Å². The van der Waals surface area contributed by atoms with Crippen LogP contribution in [0.25, 0.3) is 5.82 Å². The van der Waals surface area contributed by atoms with Crippen molar-refractivity contribution in [1.29, 1.82) is 0 Å². The number of aryl methyl sites for hydroxylation is 2. The molecule has 0 radical (unpaired) electrons. The number of carbonyl (C=O) groups is 1. The zero-order valence-electron chi connectivity index (χ0n) is 17.8. The fourth-order valence-electron chi connectivity index (χ4n) is 3.87. The molecule has 4 rings (SSSR count). The number of rotatable bonds is 4. The fourth-order valence-corrected chi connectivity index (χ4v) is 3.87. The molecule has 162 valence electrons. The van der Waals surface area contributed by atoms with E-state index in [1.54, 1.807) is 34.7 Å². The Balaban J connectivity index is 1.48. The molecule has 0 bridgehead atoms. The lowest BCUT2D eigenvalue weighted by atomic mass is 10.2. The number of halogens is 1. The molecule has 8 nitrogen and oxygen atoms in total. The minimum Gasteiger partial charge on any atom is -0.368 e. The highest BCUT2D eigenvalue weighted by molar-refractivity contribution is 5.80. The van der Waals surface area contributed by atoms with Gasteiger partial charge in [0.25, 0.3) is 5.56 Å². The van der Waals surface area contributed by atoms with Gasteiger partial charge in [0.15, 0.2) is 5.82 Å². The highest BCUT2D eigenvalue weighted by atomic mass is 19.1. The molecule has 1 atom stereocenters. The second-order valence-corrected chi connectivity index (χ2v) is 7.78. The summed E-state index contributed by atoms with van der Waals surface area (Å²) in [5, 5.41) is 8.82. The Morgan fingerprint density at radius 3 is 2.29 bits per heavy atom. The van der Waals surface area contributed by atoms with E-state index < -0.39 is 6.04 Å². The van der Waals surface area contributed by atoms with Gasteiger partial charge in [0, 0.05) is 43.6 Å². The number of anilines is 1. The number of piperazine rings is 1. The molecule has 1 aromatic carbocycles. The average Bonchev–Trinajstić information content (AvgIpc) is 3.11. The molecule has 1 fully saturated rings. The van der Waals surface area contributed by atoms with Gasteiger partial charge < -0.3 is 9.80 Å². The summed E-state index contributed by atoms with van der Waals surface area (Å²) in [4.78, 5) is 29.4. The normalized spacial score (nSPS) is 15.2. The van der Waals surface area contributed by atoms with Gasteiger partial charge >= 0.3 is 0 Å². The molecule has 3 heterocycles. The predicted molar refractivity (Wildman–Crippen MR) is 115 cm³/mol. The van der Waals surface area contributed by atoms with Crippen molar-refractivity contribution in [2.45, 2.75) is 26.8 Å². The standard InChI is InChI=1S/C22H25FN6O2/c1-15-14-16(2)28(24-15)20-8-9-21(30)29(25-20)17(3)22(31)27-12-10-26(11-13-27)19-6-4-18(23)5-7-19/h4-9,14,17H,10-13H2,1-3H3. The molecule has 1 saturated heterocycles. The number of hydrogen-bond acceptors (Lipinski definition) is 5. The Bertz CT molecular complexity index is 1150. The first-order chi connectivity index (χ1) is 14.8. The van der Waals surface area contributed by atoms with Crippen LogP contribution >= 0.6 is 0 Å². The highest BCUT2D eigenvalue weighted by Crippen LogP contribution is 2.18. The van der Waals surface area contributed by atoms with Crippen LogP contribution in [-0.4, -0.2) is 56.5 Å².